The number of rotatable bonds is 6. The number of nitrogens with one attached hydrogen (secondary N) is 1. The molecule has 1 aromatic heterocycles. The Hall–Kier alpha value is -0.510. The molecule has 0 radical (unpaired) electrons. The number of hydrogen-bond donors (Lipinski definition) is 1. The van der Waals surface area contributed by atoms with Crippen LogP contribution < -0.4 is 5.32 Å². The van der Waals surface area contributed by atoms with E-state index in [-0.39, 0.29) is 24.0 Å². The maximum absolute atomic E-state index is 4.83. The first-order valence-electron chi connectivity index (χ1n) is 8.49. The Morgan fingerprint density at radius 2 is 2.21 bits per heavy atom. The van der Waals surface area contributed by atoms with Crippen molar-refractivity contribution in [2.24, 2.45) is 18.0 Å². The lowest BCUT2D eigenvalue weighted by atomic mass is 10.0. The van der Waals surface area contributed by atoms with Gasteiger partial charge in [0.2, 0.25) is 0 Å². The highest BCUT2D eigenvalue weighted by atomic mass is 127. The summed E-state index contributed by atoms with van der Waals surface area (Å²) in [6, 6.07) is 0. The third-order valence-electron chi connectivity index (χ3n) is 4.32. The van der Waals surface area contributed by atoms with Crippen LogP contribution in [0.25, 0.3) is 0 Å². The molecule has 1 N–H and O–H groups in total. The normalized spacial score (nSPS) is 18.4. The minimum atomic E-state index is 0. The second kappa shape index (κ2) is 11.2. The fourth-order valence-electron chi connectivity index (χ4n) is 2.80. The standard InChI is InChI=1S/C16H30N6S.HI/c1-13-7-5-9-22(12-13)16(17-8-6-10-23-4)18-11-15-20-19-14(2)21(15)3;/h13H,5-12H2,1-4H3,(H,17,18);1H. The van der Waals surface area contributed by atoms with Crippen molar-refractivity contribution >= 4 is 41.7 Å². The fraction of sp³-hybridized carbons (Fsp3) is 0.812. The van der Waals surface area contributed by atoms with Gasteiger partial charge in [0.1, 0.15) is 12.4 Å². The van der Waals surface area contributed by atoms with Crippen LogP contribution in [0, 0.1) is 12.8 Å². The number of nitrogens with zero attached hydrogens (tertiary/aromatic N) is 5. The quantitative estimate of drug-likeness (QED) is 0.303. The first-order valence-corrected chi connectivity index (χ1v) is 9.88. The van der Waals surface area contributed by atoms with E-state index in [9.17, 15) is 0 Å². The molecule has 1 atom stereocenters. The zero-order chi connectivity index (χ0) is 16.7. The molecule has 24 heavy (non-hydrogen) atoms. The van der Waals surface area contributed by atoms with Crippen LogP contribution in [0.5, 0.6) is 0 Å². The highest BCUT2D eigenvalue weighted by Crippen LogP contribution is 2.15. The van der Waals surface area contributed by atoms with E-state index >= 15 is 0 Å². The molecule has 0 aromatic carbocycles. The predicted molar refractivity (Wildman–Crippen MR) is 113 cm³/mol. The van der Waals surface area contributed by atoms with Gasteiger partial charge in [-0.25, -0.2) is 4.99 Å². The molecule has 0 spiro atoms. The van der Waals surface area contributed by atoms with Gasteiger partial charge in [0.15, 0.2) is 11.8 Å². The van der Waals surface area contributed by atoms with Gasteiger partial charge in [0.05, 0.1) is 0 Å². The Morgan fingerprint density at radius 1 is 1.42 bits per heavy atom. The van der Waals surface area contributed by atoms with Crippen LogP contribution in [0.3, 0.4) is 0 Å². The van der Waals surface area contributed by atoms with Crippen molar-refractivity contribution in [3.8, 4) is 0 Å². The summed E-state index contributed by atoms with van der Waals surface area (Å²) in [6.07, 6.45) is 5.87. The fourth-order valence-corrected chi connectivity index (χ4v) is 3.23. The Kier molecular flexibility index (Phi) is 10.0. The lowest BCUT2D eigenvalue weighted by Crippen LogP contribution is -2.46. The van der Waals surface area contributed by atoms with Gasteiger partial charge in [-0.3, -0.25) is 0 Å². The Balaban J connectivity index is 0.00000288. The zero-order valence-corrected chi connectivity index (χ0v) is 18.4. The summed E-state index contributed by atoms with van der Waals surface area (Å²) < 4.78 is 2.01. The Morgan fingerprint density at radius 3 is 2.83 bits per heavy atom. The molecule has 138 valence electrons. The van der Waals surface area contributed by atoms with Crippen molar-refractivity contribution in [2.75, 3.05) is 31.6 Å². The largest absolute Gasteiger partial charge is 0.356 e. The number of halogens is 1. The highest BCUT2D eigenvalue weighted by molar-refractivity contribution is 14.0. The van der Waals surface area contributed by atoms with Crippen LogP contribution in [0.4, 0.5) is 0 Å². The van der Waals surface area contributed by atoms with E-state index in [1.165, 1.54) is 18.6 Å². The van der Waals surface area contributed by atoms with Crippen molar-refractivity contribution in [2.45, 2.75) is 39.7 Å². The molecule has 6 nitrogen and oxygen atoms in total. The minimum absolute atomic E-state index is 0. The summed E-state index contributed by atoms with van der Waals surface area (Å²) in [5.41, 5.74) is 0. The maximum atomic E-state index is 4.83. The second-order valence-electron chi connectivity index (χ2n) is 6.33. The average molecular weight is 466 g/mol. The number of guanidine groups is 1. The van der Waals surface area contributed by atoms with Gasteiger partial charge < -0.3 is 14.8 Å². The van der Waals surface area contributed by atoms with E-state index in [0.717, 1.165) is 49.6 Å². The molecule has 1 aromatic rings. The molecule has 1 unspecified atom stereocenters. The summed E-state index contributed by atoms with van der Waals surface area (Å²) in [5.74, 6) is 4.78. The number of piperidine rings is 1. The van der Waals surface area contributed by atoms with Gasteiger partial charge in [-0.05, 0) is 44.1 Å². The topological polar surface area (TPSA) is 58.3 Å². The zero-order valence-electron chi connectivity index (χ0n) is 15.3. The van der Waals surface area contributed by atoms with Gasteiger partial charge in [0.25, 0.3) is 0 Å². The summed E-state index contributed by atoms with van der Waals surface area (Å²) in [6.45, 7) is 8.02. The van der Waals surface area contributed by atoms with E-state index in [0.29, 0.717) is 6.54 Å². The molecule has 1 saturated heterocycles. The van der Waals surface area contributed by atoms with E-state index in [1.807, 2.05) is 30.3 Å². The highest BCUT2D eigenvalue weighted by Gasteiger charge is 2.19. The SMILES string of the molecule is CSCCCNC(=NCc1nnc(C)n1C)N1CCCC(C)C1.I. The first kappa shape index (κ1) is 21.5. The molecular formula is C16H31IN6S. The molecule has 8 heteroatoms. The van der Waals surface area contributed by atoms with Crippen molar-refractivity contribution in [3.63, 3.8) is 0 Å². The predicted octanol–water partition coefficient (Wildman–Crippen LogP) is 2.67. The summed E-state index contributed by atoms with van der Waals surface area (Å²) in [4.78, 5) is 7.22. The van der Waals surface area contributed by atoms with Crippen molar-refractivity contribution in [3.05, 3.63) is 11.6 Å². The Bertz CT molecular complexity index is 519. The number of aliphatic imine (C=N–C) groups is 1. The smallest absolute Gasteiger partial charge is 0.194 e. The molecule has 1 fully saturated rings. The monoisotopic (exact) mass is 466 g/mol. The van der Waals surface area contributed by atoms with Crippen LogP contribution >= 0.6 is 35.7 Å². The number of likely N-dealkylation sites (tertiary alicyclic amines) is 1. The molecule has 0 amide bonds. The number of hydrogen-bond acceptors (Lipinski definition) is 4. The lowest BCUT2D eigenvalue weighted by molar-refractivity contribution is 0.265. The van der Waals surface area contributed by atoms with E-state index in [4.69, 9.17) is 4.99 Å². The van der Waals surface area contributed by atoms with Crippen molar-refractivity contribution in [1.29, 1.82) is 0 Å². The first-order chi connectivity index (χ1) is 11.1. The third-order valence-corrected chi connectivity index (χ3v) is 5.01. The van der Waals surface area contributed by atoms with E-state index < -0.39 is 0 Å². The molecule has 0 bridgehead atoms. The van der Waals surface area contributed by atoms with Gasteiger partial charge in [0, 0.05) is 26.7 Å². The number of aryl methyl sites for hydroxylation is 1. The van der Waals surface area contributed by atoms with E-state index in [2.05, 4.69) is 33.6 Å². The molecule has 0 saturated carbocycles. The van der Waals surface area contributed by atoms with Crippen LogP contribution in [0.2, 0.25) is 0 Å². The Labute approximate surface area is 167 Å². The molecule has 0 aliphatic carbocycles. The van der Waals surface area contributed by atoms with Gasteiger partial charge in [-0.1, -0.05) is 6.92 Å². The molecule has 1 aliphatic rings. The van der Waals surface area contributed by atoms with Crippen LogP contribution in [0.15, 0.2) is 4.99 Å². The second-order valence-corrected chi connectivity index (χ2v) is 7.31. The molecule has 1 aliphatic heterocycles. The minimum Gasteiger partial charge on any atom is -0.356 e. The third kappa shape index (κ3) is 6.42. The van der Waals surface area contributed by atoms with Crippen molar-refractivity contribution in [1.82, 2.24) is 25.0 Å². The molecule has 2 rings (SSSR count). The number of thioether (sulfide) groups is 1. The maximum Gasteiger partial charge on any atom is 0.194 e. The van der Waals surface area contributed by atoms with Gasteiger partial charge in [-0.2, -0.15) is 11.8 Å². The molecule has 2 heterocycles. The average Bonchev–Trinajstić information content (AvgIpc) is 2.86. The summed E-state index contributed by atoms with van der Waals surface area (Å²) in [7, 11) is 1.99. The summed E-state index contributed by atoms with van der Waals surface area (Å²) >= 11 is 1.89. The lowest BCUT2D eigenvalue weighted by Gasteiger charge is -2.33. The van der Waals surface area contributed by atoms with Crippen LogP contribution in [0.1, 0.15) is 37.8 Å². The summed E-state index contributed by atoms with van der Waals surface area (Å²) in [5, 5.41) is 11.9. The van der Waals surface area contributed by atoms with Gasteiger partial charge in [-0.15, -0.1) is 34.2 Å². The number of aromatic nitrogens is 3. The molecular weight excluding hydrogens is 435 g/mol. The van der Waals surface area contributed by atoms with Crippen LogP contribution in [-0.4, -0.2) is 57.3 Å². The van der Waals surface area contributed by atoms with Crippen molar-refractivity contribution < 1.29 is 0 Å². The van der Waals surface area contributed by atoms with Gasteiger partial charge >= 0.3 is 0 Å². The van der Waals surface area contributed by atoms with E-state index in [1.54, 1.807) is 0 Å². The van der Waals surface area contributed by atoms with Crippen LogP contribution in [-0.2, 0) is 13.6 Å².